The summed E-state index contributed by atoms with van der Waals surface area (Å²) in [5.74, 6) is 0.970. The van der Waals surface area contributed by atoms with Gasteiger partial charge in [-0.25, -0.2) is 9.78 Å². The van der Waals surface area contributed by atoms with Gasteiger partial charge in [0.15, 0.2) is 0 Å². The molecule has 0 saturated heterocycles. The third-order valence-electron chi connectivity index (χ3n) is 4.48. The smallest absolute Gasteiger partial charge is 0.404 e. The lowest BCUT2D eigenvalue weighted by atomic mass is 10.1. The van der Waals surface area contributed by atoms with E-state index in [1.54, 1.807) is 17.8 Å². The molecule has 0 radical (unpaired) electrons. The van der Waals surface area contributed by atoms with Crippen LogP contribution in [0, 0.1) is 0 Å². The van der Waals surface area contributed by atoms with Gasteiger partial charge in [0.05, 0.1) is 5.69 Å². The summed E-state index contributed by atoms with van der Waals surface area (Å²) in [6.07, 6.45) is -0.372. The van der Waals surface area contributed by atoms with Gasteiger partial charge in [0, 0.05) is 33.6 Å². The Labute approximate surface area is 195 Å². The molecule has 164 valence electrons. The minimum Gasteiger partial charge on any atom is -0.449 e. The van der Waals surface area contributed by atoms with Crippen molar-refractivity contribution in [3.63, 3.8) is 0 Å². The van der Waals surface area contributed by atoms with Crippen molar-refractivity contribution in [2.24, 2.45) is 5.73 Å². The molecule has 0 atom stereocenters. The number of anilines is 1. The summed E-state index contributed by atoms with van der Waals surface area (Å²) in [5.41, 5.74) is 13.8. The zero-order chi connectivity index (χ0) is 22.5. The van der Waals surface area contributed by atoms with E-state index in [1.807, 2.05) is 36.4 Å². The van der Waals surface area contributed by atoms with E-state index in [4.69, 9.17) is 44.4 Å². The van der Waals surface area contributed by atoms with Gasteiger partial charge in [0.1, 0.15) is 17.5 Å². The molecule has 0 aliphatic heterocycles. The number of amides is 1. The number of nitrogen functional groups attached to an aromatic ring is 1. The number of nitrogens with zero attached hydrogens (tertiary/aromatic N) is 2. The van der Waals surface area contributed by atoms with E-state index in [0.717, 1.165) is 27.0 Å². The Morgan fingerprint density at radius 3 is 2.52 bits per heavy atom. The number of carbonyl (C=O) groups is 1. The second-order valence-electron chi connectivity index (χ2n) is 7.33. The Balaban J connectivity index is 2.05. The molecule has 0 fully saturated rings. The van der Waals surface area contributed by atoms with Crippen molar-refractivity contribution in [2.75, 3.05) is 12.3 Å². The Bertz CT molecular complexity index is 1070. The Kier molecular flexibility index (Phi) is 7.75. The lowest BCUT2D eigenvalue weighted by molar-refractivity contribution is 0.157. The molecule has 4 N–H and O–H groups in total. The Morgan fingerprint density at radius 2 is 1.90 bits per heavy atom. The first kappa shape index (κ1) is 23.3. The largest absolute Gasteiger partial charge is 0.449 e. The maximum absolute atomic E-state index is 11.0. The number of halogens is 2. The average Bonchev–Trinajstić information content (AvgIpc) is 2.98. The van der Waals surface area contributed by atoms with E-state index in [9.17, 15) is 4.79 Å². The van der Waals surface area contributed by atoms with Crippen LogP contribution in [-0.2, 0) is 17.7 Å². The molecular weight excluding hydrogens is 455 g/mol. The second kappa shape index (κ2) is 10.3. The van der Waals surface area contributed by atoms with Crippen LogP contribution in [0.25, 0.3) is 0 Å². The van der Waals surface area contributed by atoms with Crippen LogP contribution < -0.4 is 11.5 Å². The number of benzene rings is 2. The lowest BCUT2D eigenvalue weighted by Gasteiger charge is -2.14. The summed E-state index contributed by atoms with van der Waals surface area (Å²) in [6.45, 7) is 4.89. The number of aromatic nitrogens is 2. The molecule has 1 amide bonds. The first-order valence-electron chi connectivity index (χ1n) is 9.73. The summed E-state index contributed by atoms with van der Waals surface area (Å²) >= 11 is 14.0. The minimum atomic E-state index is -0.804. The number of nitrogens with two attached hydrogens (primary N) is 2. The topological polar surface area (TPSA) is 96.2 Å². The zero-order valence-electron chi connectivity index (χ0n) is 17.3. The Hall–Kier alpha value is -2.35. The highest BCUT2D eigenvalue weighted by atomic mass is 35.5. The second-order valence-corrected chi connectivity index (χ2v) is 9.26. The normalized spacial score (nSPS) is 11.1. The lowest BCUT2D eigenvalue weighted by Crippen LogP contribution is -2.16. The Morgan fingerprint density at radius 1 is 1.19 bits per heavy atom. The van der Waals surface area contributed by atoms with Crippen molar-refractivity contribution in [1.29, 1.82) is 0 Å². The third-order valence-corrected chi connectivity index (χ3v) is 6.02. The molecule has 3 rings (SSSR count). The zero-order valence-corrected chi connectivity index (χ0v) is 19.6. The van der Waals surface area contributed by atoms with E-state index in [2.05, 4.69) is 18.4 Å². The molecule has 0 aliphatic carbocycles. The highest BCUT2D eigenvalue weighted by Gasteiger charge is 2.21. The van der Waals surface area contributed by atoms with Crippen molar-refractivity contribution in [3.05, 3.63) is 69.6 Å². The molecule has 0 saturated carbocycles. The molecule has 9 heteroatoms. The molecule has 1 aromatic heterocycles. The van der Waals surface area contributed by atoms with E-state index < -0.39 is 6.09 Å². The molecule has 3 aromatic rings. The van der Waals surface area contributed by atoms with Gasteiger partial charge in [-0.15, -0.1) is 0 Å². The van der Waals surface area contributed by atoms with Gasteiger partial charge in [-0.3, -0.25) is 0 Å². The SMILES string of the molecule is CC(C)c1nc(CCOC(N)=O)n(Cc2cccc(N)c2)c1Sc1cc(Cl)cc(Cl)c1. The third kappa shape index (κ3) is 6.32. The average molecular weight is 479 g/mol. The first-order valence-corrected chi connectivity index (χ1v) is 11.3. The number of rotatable bonds is 8. The monoisotopic (exact) mass is 478 g/mol. The predicted molar refractivity (Wildman–Crippen MR) is 126 cm³/mol. The fourth-order valence-electron chi connectivity index (χ4n) is 3.16. The maximum Gasteiger partial charge on any atom is 0.404 e. The van der Waals surface area contributed by atoms with Gasteiger partial charge < -0.3 is 20.8 Å². The van der Waals surface area contributed by atoms with Gasteiger partial charge in [0.25, 0.3) is 0 Å². The van der Waals surface area contributed by atoms with E-state index in [-0.39, 0.29) is 12.5 Å². The highest BCUT2D eigenvalue weighted by molar-refractivity contribution is 7.99. The van der Waals surface area contributed by atoms with Crippen molar-refractivity contribution in [1.82, 2.24) is 9.55 Å². The van der Waals surface area contributed by atoms with Crippen molar-refractivity contribution in [2.45, 2.75) is 42.7 Å². The quantitative estimate of drug-likeness (QED) is 0.402. The van der Waals surface area contributed by atoms with Gasteiger partial charge in [-0.2, -0.15) is 0 Å². The standard InChI is InChI=1S/C22H24Cl2N4O2S/c1-13(2)20-21(31-18-10-15(23)9-16(24)11-18)28(12-14-4-3-5-17(25)8-14)19(27-20)6-7-30-22(26)29/h3-5,8-11,13H,6-7,12,25H2,1-2H3,(H2,26,29). The molecular formula is C22H24Cl2N4O2S. The number of ether oxygens (including phenoxy) is 1. The van der Waals surface area contributed by atoms with Crippen molar-refractivity contribution in [3.8, 4) is 0 Å². The summed E-state index contributed by atoms with van der Waals surface area (Å²) in [6, 6.07) is 13.2. The summed E-state index contributed by atoms with van der Waals surface area (Å²) in [4.78, 5) is 16.8. The summed E-state index contributed by atoms with van der Waals surface area (Å²) in [5, 5.41) is 2.11. The minimum absolute atomic E-state index is 0.147. The van der Waals surface area contributed by atoms with Crippen LogP contribution in [0.15, 0.2) is 52.4 Å². The molecule has 0 aliphatic rings. The van der Waals surface area contributed by atoms with Gasteiger partial charge in [-0.05, 0) is 41.8 Å². The highest BCUT2D eigenvalue weighted by Crippen LogP contribution is 2.37. The van der Waals surface area contributed by atoms with E-state index >= 15 is 0 Å². The molecule has 6 nitrogen and oxygen atoms in total. The molecule has 2 aromatic carbocycles. The van der Waals surface area contributed by atoms with Crippen LogP contribution in [0.3, 0.4) is 0 Å². The van der Waals surface area contributed by atoms with Gasteiger partial charge >= 0.3 is 6.09 Å². The number of primary amides is 1. The van der Waals surface area contributed by atoms with Crippen molar-refractivity contribution >= 4 is 46.7 Å². The van der Waals surface area contributed by atoms with Gasteiger partial charge in [0.2, 0.25) is 0 Å². The molecule has 31 heavy (non-hydrogen) atoms. The van der Waals surface area contributed by atoms with Crippen LogP contribution in [-0.4, -0.2) is 22.3 Å². The molecule has 0 bridgehead atoms. The fraction of sp³-hybridized carbons (Fsp3) is 0.273. The van der Waals surface area contributed by atoms with Gasteiger partial charge in [-0.1, -0.05) is 60.9 Å². The van der Waals surface area contributed by atoms with Crippen LogP contribution in [0.1, 0.15) is 36.8 Å². The molecule has 0 spiro atoms. The number of hydrogen-bond acceptors (Lipinski definition) is 5. The van der Waals surface area contributed by atoms with Crippen LogP contribution in [0.2, 0.25) is 10.0 Å². The van der Waals surface area contributed by atoms with E-state index in [1.165, 1.54) is 0 Å². The predicted octanol–water partition coefficient (Wildman–Crippen LogP) is 5.73. The number of carbonyl (C=O) groups excluding carboxylic acids is 1. The van der Waals surface area contributed by atoms with Crippen LogP contribution >= 0.6 is 35.0 Å². The first-order chi connectivity index (χ1) is 14.7. The number of imidazole rings is 1. The van der Waals surface area contributed by atoms with E-state index in [0.29, 0.717) is 28.7 Å². The molecule has 1 heterocycles. The molecule has 0 unspecified atom stereocenters. The summed E-state index contributed by atoms with van der Waals surface area (Å²) in [7, 11) is 0. The fourth-order valence-corrected chi connectivity index (χ4v) is 5.07. The number of hydrogen-bond donors (Lipinski definition) is 2. The van der Waals surface area contributed by atoms with Crippen LogP contribution in [0.5, 0.6) is 0 Å². The van der Waals surface area contributed by atoms with Crippen LogP contribution in [0.4, 0.5) is 10.5 Å². The van der Waals surface area contributed by atoms with Crippen molar-refractivity contribution < 1.29 is 9.53 Å². The summed E-state index contributed by atoms with van der Waals surface area (Å²) < 4.78 is 7.07. The maximum atomic E-state index is 11.0.